The van der Waals surface area contributed by atoms with E-state index in [0.29, 0.717) is 0 Å². The van der Waals surface area contributed by atoms with Crippen LogP contribution in [0.15, 0.2) is 12.1 Å². The van der Waals surface area contributed by atoms with Gasteiger partial charge in [-0.2, -0.15) is 0 Å². The van der Waals surface area contributed by atoms with Gasteiger partial charge in [0, 0.05) is 5.02 Å². The summed E-state index contributed by atoms with van der Waals surface area (Å²) in [6.45, 7) is 0.105. The molecular formula is C10H12ClNO2. The molecule has 4 heteroatoms. The molecule has 0 aliphatic carbocycles. The fraction of sp³-hybridized carbons (Fsp3) is 0.400. The zero-order valence-corrected chi connectivity index (χ0v) is 8.64. The Hall–Kier alpha value is -0.930. The molecule has 3 nitrogen and oxygen atoms in total. The molecule has 1 aromatic carbocycles. The van der Waals surface area contributed by atoms with Gasteiger partial charge in [-0.1, -0.05) is 11.6 Å². The van der Waals surface area contributed by atoms with Gasteiger partial charge in [0.15, 0.2) is 0 Å². The molecule has 1 aliphatic heterocycles. The van der Waals surface area contributed by atoms with Crippen molar-refractivity contribution in [3.05, 3.63) is 22.7 Å². The Morgan fingerprint density at radius 3 is 3.07 bits per heavy atom. The molecule has 0 saturated carbocycles. The van der Waals surface area contributed by atoms with Crippen LogP contribution in [0.4, 0.5) is 5.69 Å². The van der Waals surface area contributed by atoms with Crippen molar-refractivity contribution >= 4 is 17.3 Å². The monoisotopic (exact) mass is 213 g/mol. The average molecular weight is 214 g/mol. The molecule has 0 amide bonds. The van der Waals surface area contributed by atoms with Crippen molar-refractivity contribution in [2.24, 2.45) is 0 Å². The summed E-state index contributed by atoms with van der Waals surface area (Å²) in [5.41, 5.74) is 1.95. The van der Waals surface area contributed by atoms with Gasteiger partial charge in [-0.05, 0) is 24.1 Å². The average Bonchev–Trinajstić information content (AvgIpc) is 2.63. The van der Waals surface area contributed by atoms with Crippen LogP contribution in [-0.4, -0.2) is 24.9 Å². The highest BCUT2D eigenvalue weighted by Gasteiger charge is 2.25. The summed E-state index contributed by atoms with van der Waals surface area (Å²) in [5, 5.41) is 13.0. The summed E-state index contributed by atoms with van der Waals surface area (Å²) in [6, 6.07) is 3.70. The van der Waals surface area contributed by atoms with Crippen molar-refractivity contribution < 1.29 is 9.84 Å². The van der Waals surface area contributed by atoms with Crippen LogP contribution in [0.3, 0.4) is 0 Å². The maximum atomic E-state index is 9.05. The molecule has 0 aromatic heterocycles. The number of fused-ring (bicyclic) bond motifs is 1. The number of hydrogen-bond donors (Lipinski definition) is 2. The van der Waals surface area contributed by atoms with Gasteiger partial charge in [-0.25, -0.2) is 0 Å². The molecule has 0 radical (unpaired) electrons. The minimum absolute atomic E-state index is 0.0544. The first kappa shape index (κ1) is 9.62. The number of aliphatic hydroxyl groups excluding tert-OH is 1. The molecule has 1 aliphatic rings. The highest BCUT2D eigenvalue weighted by molar-refractivity contribution is 6.32. The number of ether oxygens (including phenoxy) is 1. The van der Waals surface area contributed by atoms with Crippen LogP contribution in [0.1, 0.15) is 5.56 Å². The molecule has 0 fully saturated rings. The van der Waals surface area contributed by atoms with E-state index >= 15 is 0 Å². The quantitative estimate of drug-likeness (QED) is 0.786. The van der Waals surface area contributed by atoms with E-state index in [0.717, 1.165) is 28.4 Å². The zero-order chi connectivity index (χ0) is 10.1. The molecular weight excluding hydrogens is 202 g/mol. The number of halogens is 1. The molecule has 1 heterocycles. The molecule has 1 aromatic rings. The molecule has 1 atom stereocenters. The van der Waals surface area contributed by atoms with Gasteiger partial charge in [0.05, 0.1) is 25.4 Å². The van der Waals surface area contributed by atoms with Crippen LogP contribution in [-0.2, 0) is 6.42 Å². The second-order valence-corrected chi connectivity index (χ2v) is 3.74. The van der Waals surface area contributed by atoms with E-state index in [1.807, 2.05) is 12.1 Å². The first-order valence-corrected chi connectivity index (χ1v) is 4.86. The van der Waals surface area contributed by atoms with Gasteiger partial charge in [-0.3, -0.25) is 0 Å². The molecule has 0 spiro atoms. The van der Waals surface area contributed by atoms with Gasteiger partial charge >= 0.3 is 0 Å². The van der Waals surface area contributed by atoms with Crippen LogP contribution in [0.5, 0.6) is 5.75 Å². The van der Waals surface area contributed by atoms with Gasteiger partial charge in [0.1, 0.15) is 5.75 Å². The summed E-state index contributed by atoms with van der Waals surface area (Å²) in [7, 11) is 1.62. The first-order valence-electron chi connectivity index (χ1n) is 4.49. The number of methoxy groups -OCH3 is 1. The van der Waals surface area contributed by atoms with Crippen molar-refractivity contribution in [1.29, 1.82) is 0 Å². The molecule has 14 heavy (non-hydrogen) atoms. The van der Waals surface area contributed by atoms with E-state index in [9.17, 15) is 0 Å². The summed E-state index contributed by atoms with van der Waals surface area (Å²) in [5.74, 6) is 0.778. The van der Waals surface area contributed by atoms with Crippen LogP contribution in [0.2, 0.25) is 5.02 Å². The summed E-state index contributed by atoms with van der Waals surface area (Å²) < 4.78 is 5.20. The number of hydrogen-bond acceptors (Lipinski definition) is 3. The Labute approximate surface area is 87.6 Å². The Morgan fingerprint density at radius 1 is 1.64 bits per heavy atom. The summed E-state index contributed by atoms with van der Waals surface area (Å²) >= 11 is 6.04. The van der Waals surface area contributed by atoms with Crippen LogP contribution in [0.25, 0.3) is 0 Å². The lowest BCUT2D eigenvalue weighted by Crippen LogP contribution is -2.19. The fourth-order valence-corrected chi connectivity index (χ4v) is 1.98. The van der Waals surface area contributed by atoms with Crippen molar-refractivity contribution in [3.8, 4) is 5.75 Å². The third-order valence-corrected chi connectivity index (χ3v) is 2.81. The van der Waals surface area contributed by atoms with Crippen LogP contribution < -0.4 is 10.1 Å². The van der Waals surface area contributed by atoms with Crippen molar-refractivity contribution in [2.75, 3.05) is 19.0 Å². The van der Waals surface area contributed by atoms with Gasteiger partial charge < -0.3 is 15.2 Å². The topological polar surface area (TPSA) is 41.5 Å². The van der Waals surface area contributed by atoms with Gasteiger partial charge in [-0.15, -0.1) is 0 Å². The minimum atomic E-state index is 0.0544. The van der Waals surface area contributed by atoms with Crippen molar-refractivity contribution in [2.45, 2.75) is 12.5 Å². The largest absolute Gasteiger partial charge is 0.495 e. The second kappa shape index (κ2) is 3.67. The number of benzene rings is 1. The standard InChI is InChI=1S/C10H12ClNO2/c1-14-9-3-2-8(11)7-4-6(5-13)12-10(7)9/h2-3,6,12-13H,4-5H2,1H3. The molecule has 0 saturated heterocycles. The zero-order valence-electron chi connectivity index (χ0n) is 7.88. The lowest BCUT2D eigenvalue weighted by molar-refractivity contribution is 0.277. The summed E-state index contributed by atoms with van der Waals surface area (Å²) in [4.78, 5) is 0. The predicted octanol–water partition coefficient (Wildman–Crippen LogP) is 1.68. The van der Waals surface area contributed by atoms with Crippen molar-refractivity contribution in [1.82, 2.24) is 0 Å². The smallest absolute Gasteiger partial charge is 0.142 e. The van der Waals surface area contributed by atoms with E-state index in [1.54, 1.807) is 7.11 Å². The fourth-order valence-electron chi connectivity index (χ4n) is 1.74. The van der Waals surface area contributed by atoms with Crippen LogP contribution >= 0.6 is 11.6 Å². The SMILES string of the molecule is COc1ccc(Cl)c2c1NC(CO)C2. The highest BCUT2D eigenvalue weighted by Crippen LogP contribution is 2.39. The van der Waals surface area contributed by atoms with Gasteiger partial charge in [0.2, 0.25) is 0 Å². The van der Waals surface area contributed by atoms with E-state index < -0.39 is 0 Å². The number of rotatable bonds is 2. The maximum Gasteiger partial charge on any atom is 0.142 e. The van der Waals surface area contributed by atoms with Gasteiger partial charge in [0.25, 0.3) is 0 Å². The molecule has 0 bridgehead atoms. The highest BCUT2D eigenvalue weighted by atomic mass is 35.5. The molecule has 2 N–H and O–H groups in total. The Kier molecular flexibility index (Phi) is 2.52. The number of nitrogens with one attached hydrogen (secondary N) is 1. The molecule has 76 valence electrons. The molecule has 1 unspecified atom stereocenters. The van der Waals surface area contributed by atoms with E-state index in [1.165, 1.54) is 0 Å². The van der Waals surface area contributed by atoms with E-state index in [4.69, 9.17) is 21.4 Å². The second-order valence-electron chi connectivity index (χ2n) is 3.33. The van der Waals surface area contributed by atoms with E-state index in [2.05, 4.69) is 5.32 Å². The first-order chi connectivity index (χ1) is 6.76. The Bertz CT molecular complexity index is 354. The third kappa shape index (κ3) is 1.42. The Morgan fingerprint density at radius 2 is 2.43 bits per heavy atom. The normalized spacial score (nSPS) is 18.9. The lowest BCUT2D eigenvalue weighted by atomic mass is 10.1. The third-order valence-electron chi connectivity index (χ3n) is 2.46. The number of aliphatic hydroxyl groups is 1. The van der Waals surface area contributed by atoms with Crippen molar-refractivity contribution in [3.63, 3.8) is 0 Å². The minimum Gasteiger partial charge on any atom is -0.495 e. The number of anilines is 1. The Balaban J connectivity index is 2.42. The van der Waals surface area contributed by atoms with Crippen LogP contribution in [0, 0.1) is 0 Å². The molecule has 2 rings (SSSR count). The maximum absolute atomic E-state index is 9.05. The summed E-state index contributed by atoms with van der Waals surface area (Å²) in [6.07, 6.45) is 0.752. The van der Waals surface area contributed by atoms with E-state index in [-0.39, 0.29) is 12.6 Å². The predicted molar refractivity (Wildman–Crippen MR) is 56.2 cm³/mol. The lowest BCUT2D eigenvalue weighted by Gasteiger charge is -2.09.